The van der Waals surface area contributed by atoms with Gasteiger partial charge in [0.25, 0.3) is 0 Å². The highest BCUT2D eigenvalue weighted by Gasteiger charge is 2.03. The van der Waals surface area contributed by atoms with Gasteiger partial charge in [0.15, 0.2) is 12.2 Å². The first kappa shape index (κ1) is 6.97. The number of fused-ring (bicyclic) bond motifs is 1. The molecule has 4 nitrogen and oxygen atoms in total. The Kier molecular flexibility index (Phi) is 1.40. The van der Waals surface area contributed by atoms with Crippen LogP contribution in [0.4, 0.5) is 0 Å². The fourth-order valence-corrected chi connectivity index (χ4v) is 1.01. The molecule has 60 valence electrons. The molecule has 12 heavy (non-hydrogen) atoms. The van der Waals surface area contributed by atoms with Gasteiger partial charge in [-0.05, 0) is 6.07 Å². The van der Waals surface area contributed by atoms with Gasteiger partial charge in [-0.15, -0.1) is 0 Å². The van der Waals surface area contributed by atoms with Crippen molar-refractivity contribution in [3.8, 4) is 0 Å². The Morgan fingerprint density at radius 3 is 3.17 bits per heavy atom. The Morgan fingerprint density at radius 1 is 1.58 bits per heavy atom. The van der Waals surface area contributed by atoms with Crippen molar-refractivity contribution in [1.29, 1.82) is 0 Å². The third-order valence-corrected chi connectivity index (χ3v) is 1.51. The summed E-state index contributed by atoms with van der Waals surface area (Å²) < 4.78 is 5.13. The van der Waals surface area contributed by atoms with Crippen LogP contribution in [0.1, 0.15) is 16.2 Å². The van der Waals surface area contributed by atoms with Gasteiger partial charge in [0.1, 0.15) is 5.52 Å². The van der Waals surface area contributed by atoms with E-state index in [0.29, 0.717) is 22.7 Å². The van der Waals surface area contributed by atoms with Gasteiger partial charge in [0.05, 0.1) is 0 Å². The molecule has 0 saturated carbocycles. The number of hydrogen-bond acceptors (Lipinski definition) is 4. The van der Waals surface area contributed by atoms with Crippen molar-refractivity contribution in [3.05, 3.63) is 23.7 Å². The highest BCUT2D eigenvalue weighted by atomic mass is 16.4. The summed E-state index contributed by atoms with van der Waals surface area (Å²) in [6.07, 6.45) is 2.19. The van der Waals surface area contributed by atoms with Crippen molar-refractivity contribution in [2.75, 3.05) is 0 Å². The van der Waals surface area contributed by atoms with E-state index in [9.17, 15) is 4.79 Å². The topological polar surface area (TPSA) is 56.0 Å². The van der Waals surface area contributed by atoms with E-state index < -0.39 is 0 Å². The number of carbonyl (C=O) groups is 1. The summed E-state index contributed by atoms with van der Waals surface area (Å²) in [6.45, 7) is 1.74. The molecule has 0 aromatic carbocycles. The Hall–Kier alpha value is -1.71. The number of aryl methyl sites for hydroxylation is 1. The fraction of sp³-hybridized carbons (Fsp3) is 0.125. The van der Waals surface area contributed by atoms with Gasteiger partial charge < -0.3 is 4.42 Å². The van der Waals surface area contributed by atoms with E-state index in [0.717, 1.165) is 6.29 Å². The molecule has 0 aliphatic rings. The lowest BCUT2D eigenvalue weighted by Gasteiger charge is -1.86. The summed E-state index contributed by atoms with van der Waals surface area (Å²) in [5.41, 5.74) is 1.60. The third-order valence-electron chi connectivity index (χ3n) is 1.51. The highest BCUT2D eigenvalue weighted by Crippen LogP contribution is 2.12. The maximum atomic E-state index is 10.4. The first-order chi connectivity index (χ1) is 5.79. The predicted octanol–water partition coefficient (Wildman–Crippen LogP) is 1.34. The zero-order chi connectivity index (χ0) is 8.55. The Bertz CT molecular complexity index is 434. The van der Waals surface area contributed by atoms with Crippen LogP contribution in [0.15, 0.2) is 16.7 Å². The first-order valence-corrected chi connectivity index (χ1v) is 3.48. The van der Waals surface area contributed by atoms with Gasteiger partial charge in [-0.3, -0.25) is 4.79 Å². The first-order valence-electron chi connectivity index (χ1n) is 3.48. The molecule has 2 heterocycles. The monoisotopic (exact) mass is 162 g/mol. The van der Waals surface area contributed by atoms with E-state index >= 15 is 0 Å². The molecule has 2 rings (SSSR count). The minimum atomic E-state index is 0.470. The van der Waals surface area contributed by atoms with Crippen LogP contribution in [0.25, 0.3) is 11.2 Å². The van der Waals surface area contributed by atoms with Crippen LogP contribution in [0.3, 0.4) is 0 Å². The quantitative estimate of drug-likeness (QED) is 0.594. The van der Waals surface area contributed by atoms with Gasteiger partial charge in [0.2, 0.25) is 5.71 Å². The van der Waals surface area contributed by atoms with E-state index in [4.69, 9.17) is 4.42 Å². The summed E-state index contributed by atoms with van der Waals surface area (Å²) in [7, 11) is 0. The van der Waals surface area contributed by atoms with Crippen LogP contribution >= 0.6 is 0 Å². The molecular formula is C8H6N2O2. The number of rotatable bonds is 1. The highest BCUT2D eigenvalue weighted by molar-refractivity contribution is 5.80. The van der Waals surface area contributed by atoms with Crippen molar-refractivity contribution in [3.63, 3.8) is 0 Å². The zero-order valence-corrected chi connectivity index (χ0v) is 6.44. The second kappa shape index (κ2) is 2.41. The van der Waals surface area contributed by atoms with Gasteiger partial charge in [-0.25, -0.2) is 9.97 Å². The van der Waals surface area contributed by atoms with Crippen molar-refractivity contribution in [2.24, 2.45) is 0 Å². The van der Waals surface area contributed by atoms with Crippen molar-refractivity contribution in [2.45, 2.75) is 6.92 Å². The molecule has 2 aromatic heterocycles. The van der Waals surface area contributed by atoms with Gasteiger partial charge >= 0.3 is 0 Å². The fourth-order valence-electron chi connectivity index (χ4n) is 1.01. The third kappa shape index (κ3) is 0.972. The van der Waals surface area contributed by atoms with Crippen LogP contribution in [0, 0.1) is 6.92 Å². The molecule has 0 unspecified atom stereocenters. The van der Waals surface area contributed by atoms with E-state index in [1.165, 1.54) is 6.20 Å². The Labute approximate surface area is 68.2 Å². The lowest BCUT2D eigenvalue weighted by atomic mass is 10.3. The molecule has 0 radical (unpaired) electrons. The van der Waals surface area contributed by atoms with Crippen LogP contribution < -0.4 is 0 Å². The van der Waals surface area contributed by atoms with Gasteiger partial charge in [0, 0.05) is 18.7 Å². The minimum absolute atomic E-state index is 0.470. The number of aromatic nitrogens is 2. The van der Waals surface area contributed by atoms with Crippen LogP contribution in [0.2, 0.25) is 0 Å². The molecule has 0 aliphatic carbocycles. The van der Waals surface area contributed by atoms with Gasteiger partial charge in [-0.1, -0.05) is 0 Å². The number of carbonyl (C=O) groups excluding carboxylic acids is 1. The number of hydrogen-bond donors (Lipinski definition) is 0. The van der Waals surface area contributed by atoms with Crippen molar-refractivity contribution >= 4 is 17.5 Å². The summed E-state index contributed by atoms with van der Waals surface area (Å²) >= 11 is 0. The molecule has 0 amide bonds. The van der Waals surface area contributed by atoms with Crippen molar-refractivity contribution < 1.29 is 9.21 Å². The average molecular weight is 162 g/mol. The summed E-state index contributed by atoms with van der Waals surface area (Å²) in [6, 6.07) is 1.64. The molecule has 0 atom stereocenters. The molecule has 0 N–H and O–H groups in total. The molecule has 0 aliphatic heterocycles. The molecule has 0 spiro atoms. The standard InChI is InChI=1S/C8H6N2O2/c1-5-10-7-2-6(4-11)3-9-8(7)12-5/h2-4H,1H3. The predicted molar refractivity (Wildman–Crippen MR) is 41.9 cm³/mol. The zero-order valence-electron chi connectivity index (χ0n) is 6.44. The van der Waals surface area contributed by atoms with E-state index in [1.54, 1.807) is 13.0 Å². The van der Waals surface area contributed by atoms with E-state index in [-0.39, 0.29) is 0 Å². The second-order valence-corrected chi connectivity index (χ2v) is 2.44. The normalized spacial score (nSPS) is 10.4. The SMILES string of the molecule is Cc1nc2cc(C=O)cnc2o1. The maximum absolute atomic E-state index is 10.4. The van der Waals surface area contributed by atoms with Gasteiger partial charge in [-0.2, -0.15) is 0 Å². The number of pyridine rings is 1. The molecule has 0 saturated heterocycles. The second-order valence-electron chi connectivity index (χ2n) is 2.44. The maximum Gasteiger partial charge on any atom is 0.246 e. The molecule has 2 aromatic rings. The van der Waals surface area contributed by atoms with Crippen LogP contribution in [0.5, 0.6) is 0 Å². The van der Waals surface area contributed by atoms with Crippen molar-refractivity contribution in [1.82, 2.24) is 9.97 Å². The number of oxazole rings is 1. The van der Waals surface area contributed by atoms with Crippen LogP contribution in [-0.4, -0.2) is 16.3 Å². The molecular weight excluding hydrogens is 156 g/mol. The average Bonchev–Trinajstić information content (AvgIpc) is 2.43. The Balaban J connectivity index is 2.74. The smallest absolute Gasteiger partial charge is 0.246 e. The lowest BCUT2D eigenvalue weighted by molar-refractivity contribution is 0.112. The number of nitrogens with zero attached hydrogens (tertiary/aromatic N) is 2. The lowest BCUT2D eigenvalue weighted by Crippen LogP contribution is -1.81. The summed E-state index contributed by atoms with van der Waals surface area (Å²) in [5, 5.41) is 0. The van der Waals surface area contributed by atoms with E-state index in [2.05, 4.69) is 9.97 Å². The largest absolute Gasteiger partial charge is 0.423 e. The molecule has 0 fully saturated rings. The Morgan fingerprint density at radius 2 is 2.42 bits per heavy atom. The minimum Gasteiger partial charge on any atom is -0.423 e. The molecule has 4 heteroatoms. The molecule has 0 bridgehead atoms. The summed E-state index contributed by atoms with van der Waals surface area (Å²) in [4.78, 5) is 18.3. The summed E-state index contributed by atoms with van der Waals surface area (Å²) in [5.74, 6) is 0.556. The van der Waals surface area contributed by atoms with Crippen LogP contribution in [-0.2, 0) is 0 Å². The number of aldehydes is 1. The van der Waals surface area contributed by atoms with E-state index in [1.807, 2.05) is 0 Å².